The molecule has 1 unspecified atom stereocenters. The summed E-state index contributed by atoms with van der Waals surface area (Å²) in [4.78, 5) is 11.5. The Morgan fingerprint density at radius 3 is 3.25 bits per heavy atom. The molecule has 88 valence electrons. The third-order valence-electron chi connectivity index (χ3n) is 2.75. The third kappa shape index (κ3) is 3.34. The van der Waals surface area contributed by atoms with E-state index in [1.807, 2.05) is 0 Å². The van der Waals surface area contributed by atoms with E-state index >= 15 is 0 Å². The number of carbonyl (C=O) groups is 1. The zero-order chi connectivity index (χ0) is 11.2. The molecule has 1 atom stereocenters. The number of hydrogen-bond acceptors (Lipinski definition) is 3. The fraction of sp³-hybridized carbons (Fsp3) is 0.636. The summed E-state index contributed by atoms with van der Waals surface area (Å²) in [5, 5.41) is 9.19. The summed E-state index contributed by atoms with van der Waals surface area (Å²) in [7, 11) is 0. The van der Waals surface area contributed by atoms with E-state index in [0.29, 0.717) is 6.42 Å². The average molecular weight is 223 g/mol. The highest BCUT2D eigenvalue weighted by atomic mass is 16.5. The van der Waals surface area contributed by atoms with Crippen LogP contribution in [0, 0.1) is 0 Å². The van der Waals surface area contributed by atoms with Crippen molar-refractivity contribution in [1.82, 2.24) is 10.2 Å². The van der Waals surface area contributed by atoms with Gasteiger partial charge in [0, 0.05) is 19.2 Å². The van der Waals surface area contributed by atoms with Gasteiger partial charge in [-0.1, -0.05) is 0 Å². The zero-order valence-electron chi connectivity index (χ0n) is 9.24. The standard InChI is InChI=1S/C11H17N3O2/c15-11(14-9-7-12-13-8-9)5-4-10-3-1-2-6-16-10/h7-8,10H,1-6H2,(H,12,13)(H,14,15). The Hall–Kier alpha value is -1.36. The molecule has 1 amide bonds. The Morgan fingerprint density at radius 1 is 1.62 bits per heavy atom. The van der Waals surface area contributed by atoms with Gasteiger partial charge in [0.05, 0.1) is 18.0 Å². The summed E-state index contributed by atoms with van der Waals surface area (Å²) in [5.41, 5.74) is 0.717. The molecule has 5 heteroatoms. The van der Waals surface area contributed by atoms with Crippen molar-refractivity contribution in [2.75, 3.05) is 11.9 Å². The minimum Gasteiger partial charge on any atom is -0.378 e. The first-order chi connectivity index (χ1) is 7.84. The second kappa shape index (κ2) is 5.65. The molecule has 2 heterocycles. The Bertz CT molecular complexity index is 318. The van der Waals surface area contributed by atoms with Gasteiger partial charge in [-0.2, -0.15) is 5.10 Å². The molecule has 2 N–H and O–H groups in total. The van der Waals surface area contributed by atoms with Crippen LogP contribution in [0.1, 0.15) is 32.1 Å². The Morgan fingerprint density at radius 2 is 2.56 bits per heavy atom. The maximum absolute atomic E-state index is 11.5. The number of nitrogens with zero attached hydrogens (tertiary/aromatic N) is 1. The number of rotatable bonds is 4. The van der Waals surface area contributed by atoms with Crippen LogP contribution in [-0.4, -0.2) is 28.8 Å². The molecular formula is C11H17N3O2. The number of amides is 1. The molecule has 0 bridgehead atoms. The second-order valence-electron chi connectivity index (χ2n) is 4.06. The van der Waals surface area contributed by atoms with Crippen LogP contribution in [0.3, 0.4) is 0 Å². The molecule has 0 aliphatic carbocycles. The quantitative estimate of drug-likeness (QED) is 0.816. The first kappa shape index (κ1) is 11.1. The van der Waals surface area contributed by atoms with Crippen LogP contribution >= 0.6 is 0 Å². The molecule has 1 fully saturated rings. The Balaban J connectivity index is 1.67. The van der Waals surface area contributed by atoms with Crippen molar-refractivity contribution in [3.05, 3.63) is 12.4 Å². The van der Waals surface area contributed by atoms with Crippen molar-refractivity contribution in [3.63, 3.8) is 0 Å². The maximum atomic E-state index is 11.5. The Labute approximate surface area is 94.6 Å². The smallest absolute Gasteiger partial charge is 0.224 e. The van der Waals surface area contributed by atoms with Gasteiger partial charge in [0.1, 0.15) is 0 Å². The van der Waals surface area contributed by atoms with Gasteiger partial charge in [-0.05, 0) is 25.7 Å². The van der Waals surface area contributed by atoms with Crippen LogP contribution in [0.5, 0.6) is 0 Å². The first-order valence-corrected chi connectivity index (χ1v) is 5.75. The molecule has 0 spiro atoms. The van der Waals surface area contributed by atoms with Crippen molar-refractivity contribution in [3.8, 4) is 0 Å². The molecule has 1 saturated heterocycles. The van der Waals surface area contributed by atoms with Crippen LogP contribution in [0.25, 0.3) is 0 Å². The number of ether oxygens (including phenoxy) is 1. The topological polar surface area (TPSA) is 67.0 Å². The highest BCUT2D eigenvalue weighted by Gasteiger charge is 2.15. The monoisotopic (exact) mass is 223 g/mol. The van der Waals surface area contributed by atoms with Gasteiger partial charge in [0.15, 0.2) is 0 Å². The largest absolute Gasteiger partial charge is 0.378 e. The molecule has 16 heavy (non-hydrogen) atoms. The number of nitrogens with one attached hydrogen (secondary N) is 2. The fourth-order valence-electron chi connectivity index (χ4n) is 1.87. The number of aromatic nitrogens is 2. The predicted molar refractivity (Wildman–Crippen MR) is 60.0 cm³/mol. The van der Waals surface area contributed by atoms with Crippen LogP contribution in [-0.2, 0) is 9.53 Å². The second-order valence-corrected chi connectivity index (χ2v) is 4.06. The zero-order valence-corrected chi connectivity index (χ0v) is 9.24. The lowest BCUT2D eigenvalue weighted by Gasteiger charge is -2.22. The van der Waals surface area contributed by atoms with Crippen molar-refractivity contribution >= 4 is 11.6 Å². The van der Waals surface area contributed by atoms with Crippen LogP contribution in [0.2, 0.25) is 0 Å². The van der Waals surface area contributed by atoms with Gasteiger partial charge < -0.3 is 10.1 Å². The summed E-state index contributed by atoms with van der Waals surface area (Å²) in [5.74, 6) is 0.0237. The van der Waals surface area contributed by atoms with Gasteiger partial charge in [-0.15, -0.1) is 0 Å². The maximum Gasteiger partial charge on any atom is 0.224 e. The van der Waals surface area contributed by atoms with Crippen LogP contribution in [0.15, 0.2) is 12.4 Å². The van der Waals surface area contributed by atoms with E-state index < -0.39 is 0 Å². The minimum absolute atomic E-state index is 0.0237. The number of hydrogen-bond donors (Lipinski definition) is 2. The summed E-state index contributed by atoms with van der Waals surface area (Å²) in [6, 6.07) is 0. The van der Waals surface area contributed by atoms with E-state index in [9.17, 15) is 4.79 Å². The predicted octanol–water partition coefficient (Wildman–Crippen LogP) is 1.70. The van der Waals surface area contributed by atoms with Gasteiger partial charge >= 0.3 is 0 Å². The summed E-state index contributed by atoms with van der Waals surface area (Å²) >= 11 is 0. The lowest BCUT2D eigenvalue weighted by Crippen LogP contribution is -2.21. The lowest BCUT2D eigenvalue weighted by molar-refractivity contribution is -0.117. The highest BCUT2D eigenvalue weighted by Crippen LogP contribution is 2.17. The van der Waals surface area contributed by atoms with Crippen molar-refractivity contribution in [2.45, 2.75) is 38.2 Å². The third-order valence-corrected chi connectivity index (χ3v) is 2.75. The van der Waals surface area contributed by atoms with E-state index in [4.69, 9.17) is 4.74 Å². The van der Waals surface area contributed by atoms with Gasteiger partial charge in [-0.25, -0.2) is 0 Å². The molecule has 1 aromatic heterocycles. The molecule has 0 saturated carbocycles. The minimum atomic E-state index is 0.0237. The lowest BCUT2D eigenvalue weighted by atomic mass is 10.0. The average Bonchev–Trinajstić information content (AvgIpc) is 2.81. The van der Waals surface area contributed by atoms with Gasteiger partial charge in [0.25, 0.3) is 0 Å². The van der Waals surface area contributed by atoms with E-state index in [1.54, 1.807) is 12.4 Å². The first-order valence-electron chi connectivity index (χ1n) is 5.75. The fourth-order valence-corrected chi connectivity index (χ4v) is 1.87. The molecular weight excluding hydrogens is 206 g/mol. The van der Waals surface area contributed by atoms with Crippen LogP contribution in [0.4, 0.5) is 5.69 Å². The van der Waals surface area contributed by atoms with E-state index in [1.165, 1.54) is 6.42 Å². The van der Waals surface area contributed by atoms with Crippen molar-refractivity contribution in [2.24, 2.45) is 0 Å². The molecule has 1 aliphatic rings. The highest BCUT2D eigenvalue weighted by molar-refractivity contribution is 5.90. The van der Waals surface area contributed by atoms with Gasteiger partial charge in [-0.3, -0.25) is 9.89 Å². The summed E-state index contributed by atoms with van der Waals surface area (Å²) in [6.45, 7) is 0.841. The SMILES string of the molecule is O=C(CCC1CCCCO1)Nc1cn[nH]c1. The molecule has 1 aromatic rings. The number of carbonyl (C=O) groups excluding carboxylic acids is 1. The summed E-state index contributed by atoms with van der Waals surface area (Å²) < 4.78 is 5.57. The van der Waals surface area contributed by atoms with Crippen molar-refractivity contribution in [1.29, 1.82) is 0 Å². The molecule has 1 aliphatic heterocycles. The van der Waals surface area contributed by atoms with Gasteiger partial charge in [0.2, 0.25) is 5.91 Å². The number of H-pyrrole nitrogens is 1. The number of aromatic amines is 1. The van der Waals surface area contributed by atoms with E-state index in [-0.39, 0.29) is 12.0 Å². The van der Waals surface area contributed by atoms with E-state index in [0.717, 1.165) is 31.6 Å². The molecule has 2 rings (SSSR count). The Kier molecular flexibility index (Phi) is 3.93. The normalized spacial score (nSPS) is 20.6. The van der Waals surface area contributed by atoms with E-state index in [2.05, 4.69) is 15.5 Å². The molecule has 0 radical (unpaired) electrons. The van der Waals surface area contributed by atoms with Crippen molar-refractivity contribution < 1.29 is 9.53 Å². The molecule has 5 nitrogen and oxygen atoms in total. The molecule has 0 aromatic carbocycles. The number of anilines is 1. The van der Waals surface area contributed by atoms with Crippen LogP contribution < -0.4 is 5.32 Å². The summed E-state index contributed by atoms with van der Waals surface area (Å²) in [6.07, 6.45) is 8.29.